The lowest BCUT2D eigenvalue weighted by Gasteiger charge is -2.13. The second kappa shape index (κ2) is 5.52. The van der Waals surface area contributed by atoms with Crippen LogP contribution < -0.4 is 5.32 Å². The standard InChI is InChI=1S/C15H11N3/c16-10-12-5-4-6-13(9-12)15(11-17)18-14-7-2-1-3-8-14/h1-9,15,18H. The molecule has 18 heavy (non-hydrogen) atoms. The van der Waals surface area contributed by atoms with E-state index in [2.05, 4.69) is 17.5 Å². The number of nitrogens with zero attached hydrogens (tertiary/aromatic N) is 2. The largest absolute Gasteiger partial charge is 0.366 e. The fourth-order valence-corrected chi connectivity index (χ4v) is 1.68. The molecule has 1 unspecified atom stereocenters. The molecule has 86 valence electrons. The highest BCUT2D eigenvalue weighted by atomic mass is 14.9. The maximum absolute atomic E-state index is 9.21. The first-order valence-corrected chi connectivity index (χ1v) is 5.55. The third-order valence-electron chi connectivity index (χ3n) is 2.56. The van der Waals surface area contributed by atoms with Gasteiger partial charge in [0.1, 0.15) is 6.04 Å². The quantitative estimate of drug-likeness (QED) is 0.885. The van der Waals surface area contributed by atoms with Crippen molar-refractivity contribution in [3.63, 3.8) is 0 Å². The molecule has 0 aliphatic rings. The van der Waals surface area contributed by atoms with Gasteiger partial charge >= 0.3 is 0 Å². The van der Waals surface area contributed by atoms with Crippen molar-refractivity contribution in [2.24, 2.45) is 0 Å². The maximum Gasteiger partial charge on any atom is 0.140 e. The minimum Gasteiger partial charge on any atom is -0.366 e. The van der Waals surface area contributed by atoms with E-state index < -0.39 is 6.04 Å². The van der Waals surface area contributed by atoms with Crippen LogP contribution >= 0.6 is 0 Å². The van der Waals surface area contributed by atoms with Crippen LogP contribution in [0.3, 0.4) is 0 Å². The summed E-state index contributed by atoms with van der Waals surface area (Å²) < 4.78 is 0. The highest BCUT2D eigenvalue weighted by Gasteiger charge is 2.10. The normalized spacial score (nSPS) is 11.0. The van der Waals surface area contributed by atoms with Gasteiger partial charge in [0.05, 0.1) is 17.7 Å². The zero-order valence-corrected chi connectivity index (χ0v) is 9.67. The molecule has 0 saturated heterocycles. The van der Waals surface area contributed by atoms with Crippen molar-refractivity contribution >= 4 is 5.69 Å². The first-order valence-electron chi connectivity index (χ1n) is 5.55. The van der Waals surface area contributed by atoms with Crippen molar-refractivity contribution < 1.29 is 0 Å². The van der Waals surface area contributed by atoms with E-state index in [1.807, 2.05) is 36.4 Å². The summed E-state index contributed by atoms with van der Waals surface area (Å²) in [7, 11) is 0. The predicted octanol–water partition coefficient (Wildman–Crippen LogP) is 3.24. The zero-order chi connectivity index (χ0) is 12.8. The van der Waals surface area contributed by atoms with Crippen molar-refractivity contribution in [1.82, 2.24) is 0 Å². The summed E-state index contributed by atoms with van der Waals surface area (Å²) in [4.78, 5) is 0. The van der Waals surface area contributed by atoms with Gasteiger partial charge in [-0.1, -0.05) is 30.3 Å². The Morgan fingerprint density at radius 3 is 2.39 bits per heavy atom. The maximum atomic E-state index is 9.21. The van der Waals surface area contributed by atoms with E-state index in [-0.39, 0.29) is 0 Å². The third kappa shape index (κ3) is 2.66. The molecule has 0 saturated carbocycles. The summed E-state index contributed by atoms with van der Waals surface area (Å²) >= 11 is 0. The van der Waals surface area contributed by atoms with Crippen LogP contribution in [0.2, 0.25) is 0 Å². The van der Waals surface area contributed by atoms with Crippen molar-refractivity contribution in [3.8, 4) is 12.1 Å². The number of benzene rings is 2. The molecule has 3 heteroatoms. The number of hydrogen-bond acceptors (Lipinski definition) is 3. The molecule has 0 aliphatic heterocycles. The molecule has 0 radical (unpaired) electrons. The van der Waals surface area contributed by atoms with Crippen molar-refractivity contribution in [1.29, 1.82) is 10.5 Å². The molecule has 0 bridgehead atoms. The summed E-state index contributed by atoms with van der Waals surface area (Å²) in [5.41, 5.74) is 2.23. The van der Waals surface area contributed by atoms with E-state index in [9.17, 15) is 5.26 Å². The van der Waals surface area contributed by atoms with Crippen LogP contribution in [0.1, 0.15) is 17.2 Å². The Hall–Kier alpha value is -2.78. The van der Waals surface area contributed by atoms with Crippen LogP contribution in [0.25, 0.3) is 0 Å². The molecule has 0 amide bonds. The van der Waals surface area contributed by atoms with Crippen LogP contribution in [-0.4, -0.2) is 0 Å². The Balaban J connectivity index is 2.24. The number of nitrogens with one attached hydrogen (secondary N) is 1. The topological polar surface area (TPSA) is 59.6 Å². The predicted molar refractivity (Wildman–Crippen MR) is 69.6 cm³/mol. The number of hydrogen-bond donors (Lipinski definition) is 1. The van der Waals surface area contributed by atoms with Gasteiger partial charge in [-0.2, -0.15) is 10.5 Å². The Morgan fingerprint density at radius 1 is 0.944 bits per heavy atom. The van der Waals surface area contributed by atoms with E-state index in [1.165, 1.54) is 0 Å². The van der Waals surface area contributed by atoms with Gasteiger partial charge in [-0.15, -0.1) is 0 Å². The van der Waals surface area contributed by atoms with Gasteiger partial charge in [0.25, 0.3) is 0 Å². The molecule has 3 nitrogen and oxygen atoms in total. The smallest absolute Gasteiger partial charge is 0.140 e. The van der Waals surface area contributed by atoms with E-state index in [4.69, 9.17) is 5.26 Å². The van der Waals surface area contributed by atoms with Crippen molar-refractivity contribution in [2.45, 2.75) is 6.04 Å². The number of rotatable bonds is 3. The van der Waals surface area contributed by atoms with Crippen LogP contribution in [0.15, 0.2) is 54.6 Å². The lowest BCUT2D eigenvalue weighted by molar-refractivity contribution is 0.996. The van der Waals surface area contributed by atoms with E-state index in [1.54, 1.807) is 18.2 Å². The third-order valence-corrected chi connectivity index (χ3v) is 2.56. The second-order valence-corrected chi connectivity index (χ2v) is 3.81. The number of anilines is 1. The second-order valence-electron chi connectivity index (χ2n) is 3.81. The van der Waals surface area contributed by atoms with Crippen molar-refractivity contribution in [3.05, 3.63) is 65.7 Å². The lowest BCUT2D eigenvalue weighted by Crippen LogP contribution is -2.08. The van der Waals surface area contributed by atoms with E-state index in [0.717, 1.165) is 11.3 Å². The Morgan fingerprint density at radius 2 is 1.72 bits per heavy atom. The molecule has 0 aromatic heterocycles. The van der Waals surface area contributed by atoms with E-state index in [0.29, 0.717) is 5.56 Å². The molecule has 0 fully saturated rings. The molecule has 2 rings (SSSR count). The van der Waals surface area contributed by atoms with Gasteiger partial charge < -0.3 is 5.32 Å². The molecular formula is C15H11N3. The van der Waals surface area contributed by atoms with Gasteiger partial charge in [-0.05, 0) is 29.8 Å². The summed E-state index contributed by atoms with van der Waals surface area (Å²) in [5, 5.41) is 21.2. The zero-order valence-electron chi connectivity index (χ0n) is 9.67. The fraction of sp³-hybridized carbons (Fsp3) is 0.0667. The van der Waals surface area contributed by atoms with Crippen LogP contribution in [0.5, 0.6) is 0 Å². The minimum absolute atomic E-state index is 0.458. The average Bonchev–Trinajstić information content (AvgIpc) is 2.46. The highest BCUT2D eigenvalue weighted by molar-refractivity contribution is 5.48. The van der Waals surface area contributed by atoms with Gasteiger partial charge in [-0.3, -0.25) is 0 Å². The Kier molecular flexibility index (Phi) is 3.59. The first-order chi connectivity index (χ1) is 8.83. The summed E-state index contributed by atoms with van der Waals surface area (Å²) in [5.74, 6) is 0. The number of nitriles is 2. The molecular weight excluding hydrogens is 222 g/mol. The Labute approximate surface area is 106 Å². The van der Waals surface area contributed by atoms with Gasteiger partial charge in [0.15, 0.2) is 0 Å². The monoisotopic (exact) mass is 233 g/mol. The molecule has 0 spiro atoms. The SMILES string of the molecule is N#Cc1cccc(C(C#N)Nc2ccccc2)c1. The lowest BCUT2D eigenvalue weighted by atomic mass is 10.1. The molecule has 0 aliphatic carbocycles. The summed E-state index contributed by atoms with van der Waals surface area (Å²) in [6.07, 6.45) is 0. The minimum atomic E-state index is -0.458. The summed E-state index contributed by atoms with van der Waals surface area (Å²) in [6, 6.07) is 20.4. The molecule has 2 aromatic carbocycles. The summed E-state index contributed by atoms with van der Waals surface area (Å²) in [6.45, 7) is 0. The van der Waals surface area contributed by atoms with Crippen LogP contribution in [0, 0.1) is 22.7 Å². The van der Waals surface area contributed by atoms with Crippen molar-refractivity contribution in [2.75, 3.05) is 5.32 Å². The molecule has 1 N–H and O–H groups in total. The van der Waals surface area contributed by atoms with Crippen LogP contribution in [0.4, 0.5) is 5.69 Å². The Bertz CT molecular complexity index is 606. The molecule has 2 aromatic rings. The van der Waals surface area contributed by atoms with E-state index >= 15 is 0 Å². The molecule has 0 heterocycles. The van der Waals surface area contributed by atoms with Gasteiger partial charge in [0.2, 0.25) is 0 Å². The highest BCUT2D eigenvalue weighted by Crippen LogP contribution is 2.19. The average molecular weight is 233 g/mol. The van der Waals surface area contributed by atoms with Crippen LogP contribution in [-0.2, 0) is 0 Å². The fourth-order valence-electron chi connectivity index (χ4n) is 1.68. The van der Waals surface area contributed by atoms with Gasteiger partial charge in [0, 0.05) is 5.69 Å². The van der Waals surface area contributed by atoms with Gasteiger partial charge in [-0.25, -0.2) is 0 Å². The first kappa shape index (κ1) is 11.7. The molecule has 1 atom stereocenters. The number of para-hydroxylation sites is 1.